The van der Waals surface area contributed by atoms with Gasteiger partial charge in [0.05, 0.1) is 26.0 Å². The molecule has 0 aliphatic carbocycles. The Hall–Kier alpha value is -1.56. The Balaban J connectivity index is 1.56. The zero-order chi connectivity index (χ0) is 16.8. The molecule has 1 saturated heterocycles. The van der Waals surface area contributed by atoms with Crippen LogP contribution in [0.1, 0.15) is 26.2 Å². The highest BCUT2D eigenvalue weighted by Crippen LogP contribution is 2.31. The van der Waals surface area contributed by atoms with E-state index in [-0.39, 0.29) is 0 Å². The van der Waals surface area contributed by atoms with Gasteiger partial charge in [0.2, 0.25) is 0 Å². The highest BCUT2D eigenvalue weighted by atomic mass is 16.5. The summed E-state index contributed by atoms with van der Waals surface area (Å²) in [4.78, 5) is 2.51. The topological polar surface area (TPSA) is 37.0 Å². The van der Waals surface area contributed by atoms with Gasteiger partial charge in [0.25, 0.3) is 0 Å². The number of benzene rings is 1. The molecule has 2 heterocycles. The van der Waals surface area contributed by atoms with Crippen molar-refractivity contribution in [3.05, 3.63) is 36.0 Å². The minimum atomic E-state index is 0.418. The fraction of sp³-hybridized carbons (Fsp3) is 0.579. The second kappa shape index (κ2) is 8.51. The molecule has 3 rings (SSSR count). The number of hydrazine groups is 1. The molecule has 0 aromatic heterocycles. The van der Waals surface area contributed by atoms with Crippen molar-refractivity contribution in [2.75, 3.05) is 45.0 Å². The van der Waals surface area contributed by atoms with Crippen molar-refractivity contribution in [2.24, 2.45) is 0 Å². The van der Waals surface area contributed by atoms with Crippen LogP contribution in [0.25, 0.3) is 0 Å². The third kappa shape index (κ3) is 4.09. The largest absolute Gasteiger partial charge is 0.495 e. The Morgan fingerprint density at radius 3 is 2.79 bits per heavy atom. The summed E-state index contributed by atoms with van der Waals surface area (Å²) < 4.78 is 10.9. The van der Waals surface area contributed by atoms with Gasteiger partial charge in [-0.1, -0.05) is 19.1 Å². The highest BCUT2D eigenvalue weighted by molar-refractivity contribution is 5.61. The van der Waals surface area contributed by atoms with Crippen molar-refractivity contribution in [3.8, 4) is 5.75 Å². The molecule has 132 valence electrons. The number of anilines is 1. The maximum Gasteiger partial charge on any atom is 0.143 e. The van der Waals surface area contributed by atoms with Crippen LogP contribution in [-0.4, -0.2) is 50.9 Å². The lowest BCUT2D eigenvalue weighted by Gasteiger charge is -2.27. The molecule has 1 fully saturated rings. The average Bonchev–Trinajstić information content (AvgIpc) is 3.05. The number of methoxy groups -OCH3 is 1. The molecule has 0 amide bonds. The van der Waals surface area contributed by atoms with E-state index in [1.165, 1.54) is 12.0 Å². The summed E-state index contributed by atoms with van der Waals surface area (Å²) in [5.41, 5.74) is 6.17. The molecule has 0 saturated carbocycles. The molecular formula is C19H29N3O2. The molecule has 1 aromatic rings. The number of rotatable bonds is 7. The monoisotopic (exact) mass is 331 g/mol. The van der Waals surface area contributed by atoms with Crippen LogP contribution in [0.4, 0.5) is 5.69 Å². The fourth-order valence-electron chi connectivity index (χ4n) is 3.44. The average molecular weight is 331 g/mol. The Morgan fingerprint density at radius 2 is 2.04 bits per heavy atom. The zero-order valence-electron chi connectivity index (χ0n) is 14.8. The van der Waals surface area contributed by atoms with Crippen LogP contribution >= 0.6 is 0 Å². The van der Waals surface area contributed by atoms with E-state index in [4.69, 9.17) is 9.47 Å². The normalized spacial score (nSPS) is 21.8. The molecule has 0 spiro atoms. The summed E-state index contributed by atoms with van der Waals surface area (Å²) in [5, 5.41) is 2.12. The van der Waals surface area contributed by atoms with E-state index >= 15 is 0 Å². The van der Waals surface area contributed by atoms with E-state index < -0.39 is 0 Å². The lowest BCUT2D eigenvalue weighted by Crippen LogP contribution is -2.39. The summed E-state index contributed by atoms with van der Waals surface area (Å²) in [6.45, 7) is 7.29. The third-order valence-corrected chi connectivity index (χ3v) is 4.86. The molecule has 24 heavy (non-hydrogen) atoms. The van der Waals surface area contributed by atoms with Gasteiger partial charge in [-0.3, -0.25) is 9.91 Å². The second-order valence-electron chi connectivity index (χ2n) is 6.38. The summed E-state index contributed by atoms with van der Waals surface area (Å²) in [7, 11) is 1.72. The van der Waals surface area contributed by atoms with Crippen LogP contribution in [0.2, 0.25) is 0 Å². The van der Waals surface area contributed by atoms with Crippen molar-refractivity contribution in [3.63, 3.8) is 0 Å². The molecule has 1 N–H and O–H groups in total. The highest BCUT2D eigenvalue weighted by Gasteiger charge is 2.25. The number of nitrogens with one attached hydrogen (secondary N) is 1. The van der Waals surface area contributed by atoms with Gasteiger partial charge < -0.3 is 9.47 Å². The number of para-hydroxylation sites is 2. The van der Waals surface area contributed by atoms with Gasteiger partial charge in [-0.15, -0.1) is 0 Å². The van der Waals surface area contributed by atoms with E-state index in [0.717, 1.165) is 57.1 Å². The van der Waals surface area contributed by atoms with Gasteiger partial charge in [0.1, 0.15) is 5.75 Å². The summed E-state index contributed by atoms with van der Waals surface area (Å²) in [6, 6.07) is 8.56. The maximum atomic E-state index is 5.49. The van der Waals surface area contributed by atoms with Crippen LogP contribution in [0.3, 0.4) is 0 Å². The smallest absolute Gasteiger partial charge is 0.143 e. The SMILES string of the molecule is CCC1=CN(c2ccccc2OC)NC1CCCN1CCOCC1. The molecule has 1 atom stereocenters. The molecular weight excluding hydrogens is 302 g/mol. The molecule has 0 radical (unpaired) electrons. The molecule has 1 aromatic carbocycles. The molecule has 2 aliphatic rings. The molecule has 1 unspecified atom stereocenters. The number of hydrogen-bond acceptors (Lipinski definition) is 5. The molecule has 2 aliphatic heterocycles. The van der Waals surface area contributed by atoms with Crippen molar-refractivity contribution in [1.82, 2.24) is 10.3 Å². The first-order valence-electron chi connectivity index (χ1n) is 9.01. The van der Waals surface area contributed by atoms with Gasteiger partial charge in [-0.25, -0.2) is 5.43 Å². The van der Waals surface area contributed by atoms with E-state index in [1.807, 2.05) is 18.2 Å². The quantitative estimate of drug-likeness (QED) is 0.831. The standard InChI is InChI=1S/C19H29N3O2/c1-3-16-15-22(18-8-4-5-9-19(18)23-2)20-17(16)7-6-10-21-11-13-24-14-12-21/h4-5,8-9,15,17,20H,3,6-7,10-14H2,1-2H3. The Morgan fingerprint density at radius 1 is 1.25 bits per heavy atom. The van der Waals surface area contributed by atoms with E-state index in [0.29, 0.717) is 6.04 Å². The number of morpholine rings is 1. The van der Waals surface area contributed by atoms with Gasteiger partial charge in [-0.2, -0.15) is 0 Å². The molecule has 0 bridgehead atoms. The van der Waals surface area contributed by atoms with Crippen LogP contribution in [0.15, 0.2) is 36.0 Å². The van der Waals surface area contributed by atoms with Crippen molar-refractivity contribution >= 4 is 5.69 Å². The van der Waals surface area contributed by atoms with Crippen LogP contribution in [-0.2, 0) is 4.74 Å². The van der Waals surface area contributed by atoms with Crippen LogP contribution in [0, 0.1) is 0 Å². The van der Waals surface area contributed by atoms with E-state index in [9.17, 15) is 0 Å². The van der Waals surface area contributed by atoms with Crippen molar-refractivity contribution in [1.29, 1.82) is 0 Å². The third-order valence-electron chi connectivity index (χ3n) is 4.86. The lowest BCUT2D eigenvalue weighted by atomic mass is 10.0. The number of nitrogens with zero attached hydrogens (tertiary/aromatic N) is 2. The molecule has 5 heteroatoms. The van der Waals surface area contributed by atoms with E-state index in [1.54, 1.807) is 7.11 Å². The fourth-order valence-corrected chi connectivity index (χ4v) is 3.44. The van der Waals surface area contributed by atoms with Crippen LogP contribution in [0.5, 0.6) is 5.75 Å². The first kappa shape index (κ1) is 17.3. The molecule has 5 nitrogen and oxygen atoms in total. The first-order valence-corrected chi connectivity index (χ1v) is 9.01. The predicted molar refractivity (Wildman–Crippen MR) is 97.3 cm³/mol. The van der Waals surface area contributed by atoms with Gasteiger partial charge in [0.15, 0.2) is 0 Å². The van der Waals surface area contributed by atoms with Gasteiger partial charge in [0, 0.05) is 25.3 Å². The Kier molecular flexibility index (Phi) is 6.12. The predicted octanol–water partition coefficient (Wildman–Crippen LogP) is 2.79. The number of hydrogen-bond donors (Lipinski definition) is 1. The Labute approximate surface area is 145 Å². The van der Waals surface area contributed by atoms with Crippen LogP contribution < -0.4 is 15.2 Å². The van der Waals surface area contributed by atoms with Crippen molar-refractivity contribution < 1.29 is 9.47 Å². The summed E-state index contributed by atoms with van der Waals surface area (Å²) in [6.07, 6.45) is 5.66. The van der Waals surface area contributed by atoms with Gasteiger partial charge >= 0.3 is 0 Å². The maximum absolute atomic E-state index is 5.49. The summed E-state index contributed by atoms with van der Waals surface area (Å²) in [5.74, 6) is 0.894. The number of ether oxygens (including phenoxy) is 2. The zero-order valence-corrected chi connectivity index (χ0v) is 14.8. The first-order chi connectivity index (χ1) is 11.8. The second-order valence-corrected chi connectivity index (χ2v) is 6.38. The minimum absolute atomic E-state index is 0.418. The minimum Gasteiger partial charge on any atom is -0.495 e. The lowest BCUT2D eigenvalue weighted by molar-refractivity contribution is 0.0370. The van der Waals surface area contributed by atoms with Crippen molar-refractivity contribution in [2.45, 2.75) is 32.2 Å². The summed E-state index contributed by atoms with van der Waals surface area (Å²) >= 11 is 0. The van der Waals surface area contributed by atoms with Gasteiger partial charge in [-0.05, 0) is 43.5 Å². The Bertz CT molecular complexity index is 555. The van der Waals surface area contributed by atoms with E-state index in [2.05, 4.69) is 34.5 Å².